The van der Waals surface area contributed by atoms with E-state index in [1.807, 2.05) is 4.90 Å². The number of benzene rings is 1. The van der Waals surface area contributed by atoms with Gasteiger partial charge in [0.25, 0.3) is 5.91 Å². The Labute approximate surface area is 196 Å². The molecule has 1 amide bonds. The van der Waals surface area contributed by atoms with Gasteiger partial charge in [-0.15, -0.1) is 0 Å². The van der Waals surface area contributed by atoms with Gasteiger partial charge in [0, 0.05) is 29.5 Å². The van der Waals surface area contributed by atoms with Crippen LogP contribution in [0.15, 0.2) is 53.9 Å². The topological polar surface area (TPSA) is 109 Å². The largest absolute Gasteiger partial charge is 0.379 e. The molecule has 174 valence electrons. The first-order chi connectivity index (χ1) is 16.3. The molecule has 0 bridgehead atoms. The van der Waals surface area contributed by atoms with E-state index in [0.717, 1.165) is 24.7 Å². The summed E-state index contributed by atoms with van der Waals surface area (Å²) in [5, 5.41) is 2.99. The van der Waals surface area contributed by atoms with Crippen molar-refractivity contribution in [2.75, 3.05) is 29.1 Å². The van der Waals surface area contributed by atoms with Crippen molar-refractivity contribution in [1.82, 2.24) is 15.0 Å². The molecule has 34 heavy (non-hydrogen) atoms. The number of rotatable bonds is 4. The molecule has 0 saturated carbocycles. The van der Waals surface area contributed by atoms with Crippen LogP contribution < -0.4 is 16.0 Å². The maximum Gasteiger partial charge on any atom is 0.274 e. The fourth-order valence-electron chi connectivity index (χ4n) is 4.26. The van der Waals surface area contributed by atoms with Crippen molar-refractivity contribution in [3.63, 3.8) is 0 Å². The van der Waals surface area contributed by atoms with Crippen LogP contribution in [0.4, 0.5) is 24.8 Å². The second kappa shape index (κ2) is 8.60. The third kappa shape index (κ3) is 4.04. The number of pyridine rings is 1. The van der Waals surface area contributed by atoms with Gasteiger partial charge < -0.3 is 16.0 Å². The molecule has 2 aromatic heterocycles. The van der Waals surface area contributed by atoms with Gasteiger partial charge in [0.15, 0.2) is 11.0 Å². The molecule has 5 rings (SSSR count). The number of thioether (sulfide) groups is 1. The molecule has 4 heterocycles. The molecule has 0 radical (unpaired) electrons. The van der Waals surface area contributed by atoms with Crippen LogP contribution in [0.5, 0.6) is 0 Å². The molecule has 2 aliphatic heterocycles. The normalized spacial score (nSPS) is 21.7. The smallest absolute Gasteiger partial charge is 0.274 e. The zero-order chi connectivity index (χ0) is 23.9. The summed E-state index contributed by atoms with van der Waals surface area (Å²) in [4.78, 5) is 30.9. The third-order valence-corrected chi connectivity index (χ3v) is 6.79. The minimum atomic E-state index is -1.05. The summed E-state index contributed by atoms with van der Waals surface area (Å²) in [7, 11) is 0. The van der Waals surface area contributed by atoms with Gasteiger partial charge in [-0.1, -0.05) is 11.8 Å². The van der Waals surface area contributed by atoms with Crippen LogP contribution in [0.1, 0.15) is 16.1 Å². The average Bonchev–Trinajstić information content (AvgIpc) is 3.20. The highest BCUT2D eigenvalue weighted by atomic mass is 32.2. The Balaban J connectivity index is 1.50. The first-order valence-electron chi connectivity index (χ1n) is 10.3. The number of anilines is 2. The van der Waals surface area contributed by atoms with E-state index < -0.39 is 28.9 Å². The standard InChI is InChI=1S/C22H18F3N7OS/c23-13-1-4-18(27-6-13)19(33)30-15-2-3-17(25)16(5-15)22-11-32(21-28-7-14(24)8-29-21)9-12(22)10-34-20(26)31-22/h1-8,12H,9-11H2,(H2,26,31)(H,30,33)/t12-,22?/m0/s1. The number of amidine groups is 1. The number of nitrogens with one attached hydrogen (secondary N) is 1. The monoisotopic (exact) mass is 485 g/mol. The molecular weight excluding hydrogens is 467 g/mol. The fraction of sp³-hybridized carbons (Fsp3) is 0.227. The van der Waals surface area contributed by atoms with Crippen molar-refractivity contribution in [3.05, 3.63) is 77.6 Å². The lowest BCUT2D eigenvalue weighted by Gasteiger charge is -2.35. The van der Waals surface area contributed by atoms with Crippen LogP contribution in [-0.2, 0) is 5.54 Å². The quantitative estimate of drug-likeness (QED) is 0.585. The Hall–Kier alpha value is -3.67. The van der Waals surface area contributed by atoms with E-state index >= 15 is 4.39 Å². The van der Waals surface area contributed by atoms with Crippen molar-refractivity contribution in [1.29, 1.82) is 0 Å². The number of aromatic nitrogens is 3. The van der Waals surface area contributed by atoms with Gasteiger partial charge in [-0.3, -0.25) is 4.79 Å². The van der Waals surface area contributed by atoms with Crippen molar-refractivity contribution in [2.24, 2.45) is 16.6 Å². The van der Waals surface area contributed by atoms with Gasteiger partial charge in [0.05, 0.1) is 25.1 Å². The van der Waals surface area contributed by atoms with Gasteiger partial charge in [-0.2, -0.15) is 0 Å². The number of amides is 1. The van der Waals surface area contributed by atoms with Crippen LogP contribution in [0.3, 0.4) is 0 Å². The number of carbonyl (C=O) groups is 1. The van der Waals surface area contributed by atoms with E-state index in [-0.39, 0.29) is 23.7 Å². The molecule has 2 aliphatic rings. The molecule has 8 nitrogen and oxygen atoms in total. The Morgan fingerprint density at radius 1 is 1.09 bits per heavy atom. The minimum Gasteiger partial charge on any atom is -0.379 e. The van der Waals surface area contributed by atoms with Crippen molar-refractivity contribution >= 4 is 34.5 Å². The van der Waals surface area contributed by atoms with E-state index in [0.29, 0.717) is 29.1 Å². The Morgan fingerprint density at radius 2 is 1.85 bits per heavy atom. The average molecular weight is 485 g/mol. The lowest BCUT2D eigenvalue weighted by molar-refractivity contribution is 0.102. The first-order valence-corrected chi connectivity index (χ1v) is 11.3. The number of hydrogen-bond acceptors (Lipinski definition) is 8. The fourth-order valence-corrected chi connectivity index (χ4v) is 5.24. The van der Waals surface area contributed by atoms with E-state index in [1.165, 1.54) is 36.0 Å². The first kappa shape index (κ1) is 22.1. The van der Waals surface area contributed by atoms with Crippen LogP contribution in [0.2, 0.25) is 0 Å². The highest BCUT2D eigenvalue weighted by Gasteiger charge is 2.52. The summed E-state index contributed by atoms with van der Waals surface area (Å²) in [5.41, 5.74) is 5.60. The lowest BCUT2D eigenvalue weighted by atomic mass is 9.81. The molecule has 0 spiro atoms. The molecule has 3 aromatic rings. The summed E-state index contributed by atoms with van der Waals surface area (Å²) in [5.74, 6) is -1.44. The van der Waals surface area contributed by atoms with Crippen LogP contribution >= 0.6 is 11.8 Å². The van der Waals surface area contributed by atoms with E-state index in [9.17, 15) is 13.6 Å². The van der Waals surface area contributed by atoms with Gasteiger partial charge in [0.1, 0.15) is 22.9 Å². The number of nitrogens with two attached hydrogens (primary N) is 1. The molecule has 1 unspecified atom stereocenters. The van der Waals surface area contributed by atoms with Crippen LogP contribution in [0.25, 0.3) is 0 Å². The van der Waals surface area contributed by atoms with Crippen molar-refractivity contribution in [2.45, 2.75) is 5.54 Å². The number of aliphatic imine (C=N–C) groups is 1. The molecular formula is C22H18F3N7OS. The van der Waals surface area contributed by atoms with Gasteiger partial charge >= 0.3 is 0 Å². The van der Waals surface area contributed by atoms with Gasteiger partial charge in [-0.05, 0) is 30.3 Å². The van der Waals surface area contributed by atoms with Crippen LogP contribution in [-0.4, -0.2) is 44.9 Å². The number of carbonyl (C=O) groups excluding carboxylic acids is 1. The summed E-state index contributed by atoms with van der Waals surface area (Å²) in [6.07, 6.45) is 3.09. The molecule has 0 aliphatic carbocycles. The molecule has 12 heteroatoms. The SMILES string of the molecule is NC1=NC2(c3cc(NC(=O)c4ccc(F)cn4)ccc3F)CN(c3ncc(F)cn3)C[C@H]2CS1. The Kier molecular flexibility index (Phi) is 5.60. The molecule has 1 fully saturated rings. The molecule has 1 aromatic carbocycles. The number of nitrogens with zero attached hydrogens (tertiary/aromatic N) is 5. The summed E-state index contributed by atoms with van der Waals surface area (Å²) < 4.78 is 41.6. The maximum atomic E-state index is 15.2. The Bertz CT molecular complexity index is 1270. The van der Waals surface area contributed by atoms with Gasteiger partial charge in [-0.25, -0.2) is 33.1 Å². The summed E-state index contributed by atoms with van der Waals surface area (Å²) >= 11 is 1.38. The zero-order valence-corrected chi connectivity index (χ0v) is 18.4. The predicted molar refractivity (Wildman–Crippen MR) is 122 cm³/mol. The zero-order valence-electron chi connectivity index (χ0n) is 17.6. The highest BCUT2D eigenvalue weighted by molar-refractivity contribution is 8.13. The molecule has 3 N–H and O–H groups in total. The predicted octanol–water partition coefficient (Wildman–Crippen LogP) is 2.93. The second-order valence-corrected chi connectivity index (χ2v) is 9.01. The van der Waals surface area contributed by atoms with Crippen LogP contribution in [0, 0.1) is 23.4 Å². The second-order valence-electron chi connectivity index (χ2n) is 7.97. The van der Waals surface area contributed by atoms with Crippen molar-refractivity contribution < 1.29 is 18.0 Å². The number of halogens is 3. The number of fused-ring (bicyclic) bond motifs is 1. The van der Waals surface area contributed by atoms with E-state index in [1.54, 1.807) is 0 Å². The lowest BCUT2D eigenvalue weighted by Crippen LogP contribution is -2.40. The molecule has 2 atom stereocenters. The maximum absolute atomic E-state index is 15.2. The summed E-state index contributed by atoms with van der Waals surface area (Å²) in [6.45, 7) is 0.684. The highest BCUT2D eigenvalue weighted by Crippen LogP contribution is 2.47. The third-order valence-electron chi connectivity index (χ3n) is 5.83. The minimum absolute atomic E-state index is 0.0140. The van der Waals surface area contributed by atoms with Gasteiger partial charge in [0.2, 0.25) is 5.95 Å². The summed E-state index contributed by atoms with van der Waals surface area (Å²) in [6, 6.07) is 6.57. The van der Waals surface area contributed by atoms with E-state index in [2.05, 4.69) is 25.3 Å². The van der Waals surface area contributed by atoms with E-state index in [4.69, 9.17) is 5.73 Å². The Morgan fingerprint density at radius 3 is 2.59 bits per heavy atom. The number of hydrogen-bond donors (Lipinski definition) is 2. The van der Waals surface area contributed by atoms with Crippen molar-refractivity contribution in [3.8, 4) is 0 Å². The molecule has 1 saturated heterocycles.